The van der Waals surface area contributed by atoms with E-state index in [1.165, 1.54) is 12.8 Å². The summed E-state index contributed by atoms with van der Waals surface area (Å²) in [6.07, 6.45) is 3.38. The minimum absolute atomic E-state index is 0.590. The number of halogens is 2. The number of benzene rings is 1. The molecule has 1 heterocycles. The molecule has 3 rings (SSSR count). The first kappa shape index (κ1) is 13.5. The zero-order valence-corrected chi connectivity index (χ0v) is 13.9. The van der Waals surface area contributed by atoms with E-state index in [1.807, 2.05) is 18.2 Å². The van der Waals surface area contributed by atoms with Crippen LogP contribution in [0.5, 0.6) is 0 Å². The van der Waals surface area contributed by atoms with Gasteiger partial charge in [-0.3, -0.25) is 0 Å². The molecule has 6 heteroatoms. The van der Waals surface area contributed by atoms with Crippen molar-refractivity contribution in [1.29, 1.82) is 0 Å². The van der Waals surface area contributed by atoms with Gasteiger partial charge in [0.15, 0.2) is 0 Å². The van der Waals surface area contributed by atoms with Crippen molar-refractivity contribution in [2.75, 3.05) is 6.54 Å². The minimum Gasteiger partial charge on any atom is -0.421 e. The Balaban J connectivity index is 1.70. The molecule has 1 aromatic heterocycles. The van der Waals surface area contributed by atoms with Crippen LogP contribution in [0, 0.1) is 3.57 Å². The molecule has 0 amide bonds. The van der Waals surface area contributed by atoms with Gasteiger partial charge in [-0.25, -0.2) is 0 Å². The predicted molar refractivity (Wildman–Crippen MR) is 84.9 cm³/mol. The summed E-state index contributed by atoms with van der Waals surface area (Å²) in [5.74, 6) is 1.28. The molecule has 2 aromatic rings. The Hall–Kier alpha value is -0.470. The predicted octanol–water partition coefficient (Wildman–Crippen LogP) is 3.40. The van der Waals surface area contributed by atoms with Crippen molar-refractivity contribution in [2.24, 2.45) is 0 Å². The number of nitrogens with one attached hydrogen (secondary N) is 1. The lowest BCUT2D eigenvalue weighted by Gasteiger charge is -2.00. The highest BCUT2D eigenvalue weighted by molar-refractivity contribution is 14.1. The van der Waals surface area contributed by atoms with Crippen LogP contribution in [0.2, 0.25) is 0 Å². The third kappa shape index (κ3) is 3.55. The molecule has 4 nitrogen and oxygen atoms in total. The third-order valence-electron chi connectivity index (χ3n) is 2.97. The summed E-state index contributed by atoms with van der Waals surface area (Å²) in [4.78, 5) is 0. The van der Waals surface area contributed by atoms with Crippen LogP contribution < -0.4 is 5.32 Å². The number of hydrogen-bond acceptors (Lipinski definition) is 4. The second-order valence-corrected chi connectivity index (χ2v) is 6.68. The van der Waals surface area contributed by atoms with E-state index in [1.54, 1.807) is 0 Å². The molecule has 0 bridgehead atoms. The summed E-state index contributed by atoms with van der Waals surface area (Å²) in [5, 5.41) is 11.7. The standard InChI is InChI=1S/C13H13BrIN3O/c14-8-1-4-11(15)10(7-8)13-18-17-12(19-13)5-6-16-9-2-3-9/h1,4,7,9,16H,2-3,5-6H2. The van der Waals surface area contributed by atoms with Gasteiger partial charge in [0.05, 0.1) is 5.56 Å². The van der Waals surface area contributed by atoms with E-state index >= 15 is 0 Å². The lowest BCUT2D eigenvalue weighted by atomic mass is 10.2. The Bertz CT molecular complexity index is 583. The quantitative estimate of drug-likeness (QED) is 0.734. The van der Waals surface area contributed by atoms with Crippen molar-refractivity contribution < 1.29 is 4.42 Å². The van der Waals surface area contributed by atoms with Crippen LogP contribution in [0.15, 0.2) is 27.1 Å². The fourth-order valence-electron chi connectivity index (χ4n) is 1.80. The molecule has 1 fully saturated rings. The van der Waals surface area contributed by atoms with Crippen LogP contribution in [-0.4, -0.2) is 22.8 Å². The van der Waals surface area contributed by atoms with Gasteiger partial charge in [0, 0.05) is 27.1 Å². The monoisotopic (exact) mass is 433 g/mol. The first-order valence-electron chi connectivity index (χ1n) is 6.23. The second kappa shape index (κ2) is 5.88. The SMILES string of the molecule is Brc1ccc(I)c(-c2nnc(CCNC3CC3)o2)c1. The summed E-state index contributed by atoms with van der Waals surface area (Å²) in [5.41, 5.74) is 0.976. The minimum atomic E-state index is 0.590. The van der Waals surface area contributed by atoms with Crippen molar-refractivity contribution in [1.82, 2.24) is 15.5 Å². The molecule has 1 aromatic carbocycles. The summed E-state index contributed by atoms with van der Waals surface area (Å²) < 4.78 is 7.84. The molecule has 0 atom stereocenters. The normalized spacial score (nSPS) is 14.8. The summed E-state index contributed by atoms with van der Waals surface area (Å²) in [7, 11) is 0. The number of nitrogens with zero attached hydrogens (tertiary/aromatic N) is 2. The largest absolute Gasteiger partial charge is 0.421 e. The van der Waals surface area contributed by atoms with Gasteiger partial charge in [0.2, 0.25) is 11.8 Å². The van der Waals surface area contributed by atoms with Gasteiger partial charge in [-0.1, -0.05) is 15.9 Å². The van der Waals surface area contributed by atoms with Gasteiger partial charge in [-0.05, 0) is 53.6 Å². The maximum absolute atomic E-state index is 5.72. The highest BCUT2D eigenvalue weighted by atomic mass is 127. The highest BCUT2D eigenvalue weighted by Gasteiger charge is 2.20. The Labute approximate surface area is 133 Å². The summed E-state index contributed by atoms with van der Waals surface area (Å²) in [6, 6.07) is 6.75. The van der Waals surface area contributed by atoms with Crippen molar-refractivity contribution in [3.8, 4) is 11.5 Å². The zero-order valence-electron chi connectivity index (χ0n) is 10.2. The van der Waals surface area contributed by atoms with Crippen LogP contribution in [0.25, 0.3) is 11.5 Å². The van der Waals surface area contributed by atoms with E-state index in [0.29, 0.717) is 17.8 Å². The molecule has 100 valence electrons. The molecule has 1 aliphatic carbocycles. The third-order valence-corrected chi connectivity index (χ3v) is 4.41. The Morgan fingerprint density at radius 3 is 3.00 bits per heavy atom. The van der Waals surface area contributed by atoms with E-state index in [2.05, 4.69) is 54.0 Å². The molecule has 0 unspecified atom stereocenters. The highest BCUT2D eigenvalue weighted by Crippen LogP contribution is 2.27. The van der Waals surface area contributed by atoms with E-state index in [9.17, 15) is 0 Å². The van der Waals surface area contributed by atoms with Crippen LogP contribution in [0.3, 0.4) is 0 Å². The van der Waals surface area contributed by atoms with E-state index in [4.69, 9.17) is 4.42 Å². The number of aromatic nitrogens is 2. The van der Waals surface area contributed by atoms with Gasteiger partial charge in [0.25, 0.3) is 0 Å². The maximum Gasteiger partial charge on any atom is 0.248 e. The molecular weight excluding hydrogens is 421 g/mol. The van der Waals surface area contributed by atoms with Gasteiger partial charge in [-0.2, -0.15) is 0 Å². The topological polar surface area (TPSA) is 51.0 Å². The molecule has 0 radical (unpaired) electrons. The zero-order chi connectivity index (χ0) is 13.2. The Morgan fingerprint density at radius 2 is 2.21 bits per heavy atom. The van der Waals surface area contributed by atoms with Crippen LogP contribution >= 0.6 is 38.5 Å². The van der Waals surface area contributed by atoms with Gasteiger partial charge >= 0.3 is 0 Å². The van der Waals surface area contributed by atoms with E-state index in [0.717, 1.165) is 26.6 Å². The molecular formula is C13H13BrIN3O. The number of hydrogen-bond donors (Lipinski definition) is 1. The second-order valence-electron chi connectivity index (χ2n) is 4.60. The fraction of sp³-hybridized carbons (Fsp3) is 0.385. The molecule has 0 saturated heterocycles. The maximum atomic E-state index is 5.72. The lowest BCUT2D eigenvalue weighted by molar-refractivity contribution is 0.494. The molecule has 1 N–H and O–H groups in total. The Morgan fingerprint density at radius 1 is 1.37 bits per heavy atom. The van der Waals surface area contributed by atoms with E-state index < -0.39 is 0 Å². The molecule has 0 spiro atoms. The molecule has 0 aliphatic heterocycles. The van der Waals surface area contributed by atoms with Crippen LogP contribution in [0.4, 0.5) is 0 Å². The average molecular weight is 434 g/mol. The van der Waals surface area contributed by atoms with Crippen molar-refractivity contribution in [3.05, 3.63) is 32.1 Å². The number of rotatable bonds is 5. The van der Waals surface area contributed by atoms with Crippen molar-refractivity contribution in [2.45, 2.75) is 25.3 Å². The van der Waals surface area contributed by atoms with Crippen molar-refractivity contribution in [3.63, 3.8) is 0 Å². The first-order chi connectivity index (χ1) is 9.22. The summed E-state index contributed by atoms with van der Waals surface area (Å²) >= 11 is 5.74. The van der Waals surface area contributed by atoms with Gasteiger partial charge in [0.1, 0.15) is 0 Å². The summed E-state index contributed by atoms with van der Waals surface area (Å²) in [6.45, 7) is 0.905. The Kier molecular flexibility index (Phi) is 4.18. The van der Waals surface area contributed by atoms with Gasteiger partial charge < -0.3 is 9.73 Å². The van der Waals surface area contributed by atoms with Crippen LogP contribution in [-0.2, 0) is 6.42 Å². The molecule has 1 aliphatic rings. The molecule has 1 saturated carbocycles. The fourth-order valence-corrected chi connectivity index (χ4v) is 2.72. The average Bonchev–Trinajstić information content (AvgIpc) is 3.10. The van der Waals surface area contributed by atoms with Crippen molar-refractivity contribution >= 4 is 38.5 Å². The van der Waals surface area contributed by atoms with E-state index in [-0.39, 0.29) is 0 Å². The lowest BCUT2D eigenvalue weighted by Crippen LogP contribution is -2.19. The smallest absolute Gasteiger partial charge is 0.248 e. The first-order valence-corrected chi connectivity index (χ1v) is 8.11. The molecule has 19 heavy (non-hydrogen) atoms. The van der Waals surface area contributed by atoms with Crippen LogP contribution in [0.1, 0.15) is 18.7 Å². The van der Waals surface area contributed by atoms with Gasteiger partial charge in [-0.15, -0.1) is 10.2 Å².